The van der Waals surface area contributed by atoms with Crippen molar-refractivity contribution in [1.29, 1.82) is 0 Å². The van der Waals surface area contributed by atoms with Crippen LogP contribution in [0.4, 0.5) is 0 Å². The number of hydrogen-bond donors (Lipinski definition) is 2. The quantitative estimate of drug-likeness (QED) is 0.157. The van der Waals surface area contributed by atoms with Gasteiger partial charge < -0.3 is 10.2 Å². The van der Waals surface area contributed by atoms with Crippen LogP contribution in [0.2, 0.25) is 0 Å². The van der Waals surface area contributed by atoms with E-state index in [4.69, 9.17) is 5.11 Å². The van der Waals surface area contributed by atoms with E-state index < -0.39 is 17.4 Å². The zero-order chi connectivity index (χ0) is 30.6. The molecular weight excluding hydrogens is 500 g/mol. The van der Waals surface area contributed by atoms with Crippen molar-refractivity contribution in [2.24, 2.45) is 17.3 Å². The van der Waals surface area contributed by atoms with Crippen LogP contribution in [0.15, 0.2) is 25.3 Å². The SMILES string of the molecule is C=CCN1C(C)(C)CC(C(CCCCCCCC(=O)O)(C(=O)O)C2CC(C)(C)N(CC=C)C(C)(C)C2)CC1(C)C. The van der Waals surface area contributed by atoms with Gasteiger partial charge in [-0.2, -0.15) is 0 Å². The van der Waals surface area contributed by atoms with Crippen LogP contribution in [-0.4, -0.2) is 67.2 Å². The molecule has 2 heterocycles. The summed E-state index contributed by atoms with van der Waals surface area (Å²) in [5, 5.41) is 20.3. The zero-order valence-electron chi connectivity index (χ0n) is 27.0. The minimum Gasteiger partial charge on any atom is -0.481 e. The fraction of sp³-hybridized carbons (Fsp3) is 0.824. The molecule has 2 aliphatic heterocycles. The molecule has 230 valence electrons. The Morgan fingerprint density at radius 3 is 1.38 bits per heavy atom. The molecule has 40 heavy (non-hydrogen) atoms. The molecule has 0 spiro atoms. The molecule has 2 rings (SSSR count). The van der Waals surface area contributed by atoms with Crippen LogP contribution in [0.1, 0.15) is 126 Å². The molecule has 2 saturated heterocycles. The van der Waals surface area contributed by atoms with Crippen molar-refractivity contribution in [1.82, 2.24) is 9.80 Å². The lowest BCUT2D eigenvalue weighted by molar-refractivity contribution is -0.178. The summed E-state index contributed by atoms with van der Waals surface area (Å²) in [5.74, 6) is -1.25. The van der Waals surface area contributed by atoms with Crippen molar-refractivity contribution in [3.05, 3.63) is 25.3 Å². The van der Waals surface area contributed by atoms with Crippen molar-refractivity contribution in [2.75, 3.05) is 13.1 Å². The maximum atomic E-state index is 13.8. The molecular formula is C34H60N2O4. The normalized spacial score (nSPS) is 23.5. The number of carbonyl (C=O) groups is 2. The first-order chi connectivity index (χ1) is 18.4. The third kappa shape index (κ3) is 7.59. The fourth-order valence-corrected chi connectivity index (χ4v) is 9.03. The van der Waals surface area contributed by atoms with Crippen LogP contribution in [0, 0.1) is 17.3 Å². The lowest BCUT2D eigenvalue weighted by atomic mass is 9.52. The number of nitrogens with zero attached hydrogens (tertiary/aromatic N) is 2. The summed E-state index contributed by atoms with van der Waals surface area (Å²) in [4.78, 5) is 29.7. The Hall–Kier alpha value is -1.66. The first-order valence-electron chi connectivity index (χ1n) is 15.6. The summed E-state index contributed by atoms with van der Waals surface area (Å²) in [6.45, 7) is 27.8. The summed E-state index contributed by atoms with van der Waals surface area (Å²) >= 11 is 0. The van der Waals surface area contributed by atoms with Crippen LogP contribution < -0.4 is 0 Å². The Morgan fingerprint density at radius 1 is 0.700 bits per heavy atom. The van der Waals surface area contributed by atoms with Crippen LogP contribution >= 0.6 is 0 Å². The maximum absolute atomic E-state index is 13.8. The molecule has 2 N–H and O–H groups in total. The van der Waals surface area contributed by atoms with Crippen molar-refractivity contribution in [2.45, 2.75) is 148 Å². The highest BCUT2D eigenvalue weighted by atomic mass is 16.4. The van der Waals surface area contributed by atoms with Crippen LogP contribution in [-0.2, 0) is 9.59 Å². The van der Waals surface area contributed by atoms with E-state index >= 15 is 0 Å². The Bertz CT molecular complexity index is 818. The molecule has 2 aliphatic rings. The average molecular weight is 561 g/mol. The second-order valence-corrected chi connectivity index (χ2v) is 15.3. The summed E-state index contributed by atoms with van der Waals surface area (Å²) in [6.07, 6.45) is 12.6. The Labute approximate surface area is 245 Å². The van der Waals surface area contributed by atoms with Gasteiger partial charge in [-0.05, 0) is 106 Å². The molecule has 0 saturated carbocycles. The van der Waals surface area contributed by atoms with Gasteiger partial charge >= 0.3 is 11.9 Å². The van der Waals surface area contributed by atoms with Gasteiger partial charge in [0.15, 0.2) is 0 Å². The van der Waals surface area contributed by atoms with E-state index in [1.165, 1.54) is 0 Å². The van der Waals surface area contributed by atoms with E-state index in [0.717, 1.165) is 64.5 Å². The Balaban J connectivity index is 2.49. The molecule has 6 nitrogen and oxygen atoms in total. The number of likely N-dealkylation sites (tertiary alicyclic amines) is 2. The minimum atomic E-state index is -0.815. The number of carboxylic acid groups (broad SMARTS) is 2. The monoisotopic (exact) mass is 560 g/mol. The van der Waals surface area contributed by atoms with Crippen LogP contribution in [0.3, 0.4) is 0 Å². The van der Waals surface area contributed by atoms with Gasteiger partial charge in [0, 0.05) is 41.7 Å². The predicted octanol–water partition coefficient (Wildman–Crippen LogP) is 7.78. The van der Waals surface area contributed by atoms with Crippen LogP contribution in [0.5, 0.6) is 0 Å². The van der Waals surface area contributed by atoms with Gasteiger partial charge in [-0.25, -0.2) is 0 Å². The Kier molecular flexibility index (Phi) is 11.3. The molecule has 6 heteroatoms. The maximum Gasteiger partial charge on any atom is 0.310 e. The lowest BCUT2D eigenvalue weighted by Crippen LogP contribution is -2.67. The molecule has 0 unspecified atom stereocenters. The smallest absolute Gasteiger partial charge is 0.310 e. The van der Waals surface area contributed by atoms with Crippen molar-refractivity contribution >= 4 is 11.9 Å². The molecule has 0 bridgehead atoms. The van der Waals surface area contributed by atoms with Gasteiger partial charge in [-0.3, -0.25) is 19.4 Å². The largest absolute Gasteiger partial charge is 0.481 e. The van der Waals surface area contributed by atoms with E-state index in [1.807, 2.05) is 12.2 Å². The number of piperidine rings is 2. The first-order valence-corrected chi connectivity index (χ1v) is 15.6. The highest BCUT2D eigenvalue weighted by Gasteiger charge is 2.60. The van der Waals surface area contributed by atoms with Gasteiger partial charge in [0.05, 0.1) is 5.41 Å². The number of unbranched alkanes of at least 4 members (excludes halogenated alkanes) is 4. The molecule has 0 aliphatic carbocycles. The van der Waals surface area contributed by atoms with E-state index in [-0.39, 0.29) is 40.4 Å². The highest BCUT2D eigenvalue weighted by Crippen LogP contribution is 2.58. The highest BCUT2D eigenvalue weighted by molar-refractivity contribution is 5.76. The fourth-order valence-electron chi connectivity index (χ4n) is 9.03. The first kappa shape index (κ1) is 34.5. The van der Waals surface area contributed by atoms with E-state index in [2.05, 4.69) is 78.3 Å². The van der Waals surface area contributed by atoms with Gasteiger partial charge in [0.2, 0.25) is 0 Å². The lowest BCUT2D eigenvalue weighted by Gasteiger charge is -2.62. The standard InChI is InChI=1S/C34H60N2O4/c1-11-20-35-30(3,4)22-26(23-31(35,5)6)34(29(39)40,19-17-15-13-14-16-18-28(37)38)27-24-32(7,8)36(21-12-2)33(9,10)25-27/h11-12,26-27H,1-2,13-25H2,3-10H3,(H,37,38)(H,39,40). The Morgan fingerprint density at radius 2 is 1.05 bits per heavy atom. The molecule has 0 aromatic heterocycles. The molecule has 2 fully saturated rings. The van der Waals surface area contributed by atoms with Crippen LogP contribution in [0.25, 0.3) is 0 Å². The topological polar surface area (TPSA) is 81.1 Å². The van der Waals surface area contributed by atoms with Crippen molar-refractivity contribution in [3.8, 4) is 0 Å². The molecule has 0 aromatic rings. The third-order valence-corrected chi connectivity index (χ3v) is 10.4. The summed E-state index contributed by atoms with van der Waals surface area (Å²) in [6, 6.07) is 0. The van der Waals surface area contributed by atoms with E-state index in [9.17, 15) is 14.7 Å². The second-order valence-electron chi connectivity index (χ2n) is 15.3. The summed E-state index contributed by atoms with van der Waals surface area (Å²) in [7, 11) is 0. The minimum absolute atomic E-state index is 0.0608. The van der Waals surface area contributed by atoms with Gasteiger partial charge in [0.25, 0.3) is 0 Å². The predicted molar refractivity (Wildman–Crippen MR) is 166 cm³/mol. The van der Waals surface area contributed by atoms with Crippen molar-refractivity contribution < 1.29 is 19.8 Å². The van der Waals surface area contributed by atoms with E-state index in [1.54, 1.807) is 0 Å². The molecule has 0 amide bonds. The molecule has 0 atom stereocenters. The van der Waals surface area contributed by atoms with Crippen molar-refractivity contribution in [3.63, 3.8) is 0 Å². The summed E-state index contributed by atoms with van der Waals surface area (Å²) in [5.41, 5.74) is -1.40. The zero-order valence-corrected chi connectivity index (χ0v) is 27.0. The van der Waals surface area contributed by atoms with E-state index in [0.29, 0.717) is 12.8 Å². The number of aliphatic carboxylic acids is 2. The average Bonchev–Trinajstić information content (AvgIpc) is 2.79. The number of carboxylic acids is 2. The van der Waals surface area contributed by atoms with Gasteiger partial charge in [-0.15, -0.1) is 13.2 Å². The third-order valence-electron chi connectivity index (χ3n) is 10.4. The number of hydrogen-bond acceptors (Lipinski definition) is 4. The second kappa shape index (κ2) is 13.1. The summed E-state index contributed by atoms with van der Waals surface area (Å²) < 4.78 is 0. The number of rotatable bonds is 15. The molecule has 0 aromatic carbocycles. The van der Waals surface area contributed by atoms with Gasteiger partial charge in [0.1, 0.15) is 0 Å². The molecule has 0 radical (unpaired) electrons. The van der Waals surface area contributed by atoms with Gasteiger partial charge in [-0.1, -0.05) is 37.8 Å².